The first kappa shape index (κ1) is 18.5. The van der Waals surface area contributed by atoms with Gasteiger partial charge in [0, 0.05) is 25.7 Å². The van der Waals surface area contributed by atoms with Gasteiger partial charge < -0.3 is 14.5 Å². The zero-order valence-electron chi connectivity index (χ0n) is 15.3. The topological polar surface area (TPSA) is 32.8 Å². The average Bonchev–Trinajstić information content (AvgIpc) is 3.07. The third-order valence-electron chi connectivity index (χ3n) is 4.59. The number of likely N-dealkylation sites (tertiary alicyclic amines) is 1. The maximum atomic E-state index is 12.7. The molecule has 0 aromatic heterocycles. The number of rotatable bonds is 8. The van der Waals surface area contributed by atoms with E-state index in [1.807, 2.05) is 36.2 Å². The molecular weight excluding hydrogens is 300 g/mol. The van der Waals surface area contributed by atoms with Crippen LogP contribution in [0.3, 0.4) is 0 Å². The highest BCUT2D eigenvalue weighted by Gasteiger charge is 2.19. The minimum atomic E-state index is 0.0660. The van der Waals surface area contributed by atoms with Crippen molar-refractivity contribution in [3.8, 4) is 5.75 Å². The van der Waals surface area contributed by atoms with Crippen molar-refractivity contribution in [2.24, 2.45) is 5.92 Å². The summed E-state index contributed by atoms with van der Waals surface area (Å²) in [6, 6.07) is 5.63. The van der Waals surface area contributed by atoms with E-state index >= 15 is 0 Å². The fourth-order valence-electron chi connectivity index (χ4n) is 3.46. The Bertz CT molecular complexity index is 565. The first-order chi connectivity index (χ1) is 11.5. The van der Waals surface area contributed by atoms with Gasteiger partial charge in [0.1, 0.15) is 5.75 Å². The van der Waals surface area contributed by atoms with E-state index in [1.165, 1.54) is 25.9 Å². The van der Waals surface area contributed by atoms with Crippen LogP contribution >= 0.6 is 0 Å². The van der Waals surface area contributed by atoms with Gasteiger partial charge in [-0.05, 0) is 62.0 Å². The van der Waals surface area contributed by atoms with E-state index in [-0.39, 0.29) is 5.91 Å². The molecule has 0 bridgehead atoms. The molecule has 1 unspecified atom stereocenters. The minimum Gasteiger partial charge on any atom is -0.496 e. The Hall–Kier alpha value is -1.81. The molecule has 1 saturated heterocycles. The van der Waals surface area contributed by atoms with Crippen LogP contribution in [-0.4, -0.2) is 56.0 Å². The Kier molecular flexibility index (Phi) is 6.85. The van der Waals surface area contributed by atoms with E-state index in [0.717, 1.165) is 24.4 Å². The third-order valence-corrected chi connectivity index (χ3v) is 4.59. The summed E-state index contributed by atoms with van der Waals surface area (Å²) in [5, 5.41) is 0. The molecule has 1 fully saturated rings. The highest BCUT2D eigenvalue weighted by molar-refractivity contribution is 5.94. The van der Waals surface area contributed by atoms with Gasteiger partial charge in [0.25, 0.3) is 5.91 Å². The normalized spacial score (nSPS) is 16.0. The number of allylic oxidation sites excluding steroid dienone is 1. The zero-order valence-corrected chi connectivity index (χ0v) is 15.3. The van der Waals surface area contributed by atoms with Crippen molar-refractivity contribution in [3.63, 3.8) is 0 Å². The molecule has 2 rings (SSSR count). The maximum absolute atomic E-state index is 12.7. The van der Waals surface area contributed by atoms with Crippen LogP contribution in [0.2, 0.25) is 0 Å². The summed E-state index contributed by atoms with van der Waals surface area (Å²) in [7, 11) is 3.54. The average molecular weight is 330 g/mol. The van der Waals surface area contributed by atoms with Gasteiger partial charge in [-0.25, -0.2) is 0 Å². The lowest BCUT2D eigenvalue weighted by molar-refractivity contribution is 0.0766. The highest BCUT2D eigenvalue weighted by Crippen LogP contribution is 2.22. The number of methoxy groups -OCH3 is 1. The van der Waals surface area contributed by atoms with Crippen LogP contribution in [0.25, 0.3) is 0 Å². The largest absolute Gasteiger partial charge is 0.496 e. The van der Waals surface area contributed by atoms with Crippen molar-refractivity contribution >= 4 is 5.91 Å². The first-order valence-corrected chi connectivity index (χ1v) is 8.80. The van der Waals surface area contributed by atoms with E-state index < -0.39 is 0 Å². The van der Waals surface area contributed by atoms with Crippen LogP contribution in [0.15, 0.2) is 30.9 Å². The summed E-state index contributed by atoms with van der Waals surface area (Å²) in [5.74, 6) is 1.34. The highest BCUT2D eigenvalue weighted by atomic mass is 16.5. The van der Waals surface area contributed by atoms with Gasteiger partial charge in [0.05, 0.1) is 7.11 Å². The molecule has 1 aromatic carbocycles. The van der Waals surface area contributed by atoms with Gasteiger partial charge in [-0.15, -0.1) is 6.58 Å². The molecule has 0 aliphatic carbocycles. The van der Waals surface area contributed by atoms with Crippen molar-refractivity contribution in [2.45, 2.75) is 26.2 Å². The van der Waals surface area contributed by atoms with Crippen LogP contribution in [0.1, 0.15) is 35.7 Å². The molecule has 1 heterocycles. The molecule has 1 aromatic rings. The van der Waals surface area contributed by atoms with Gasteiger partial charge >= 0.3 is 0 Å². The minimum absolute atomic E-state index is 0.0660. The fourth-order valence-corrected chi connectivity index (χ4v) is 3.46. The molecular formula is C20H30N2O2. The van der Waals surface area contributed by atoms with E-state index in [2.05, 4.69) is 18.4 Å². The van der Waals surface area contributed by atoms with Crippen LogP contribution in [0.4, 0.5) is 0 Å². The lowest BCUT2D eigenvalue weighted by Gasteiger charge is -2.25. The zero-order chi connectivity index (χ0) is 17.5. The second-order valence-electron chi connectivity index (χ2n) is 6.82. The number of hydrogen-bond acceptors (Lipinski definition) is 3. The van der Waals surface area contributed by atoms with Gasteiger partial charge in [0.2, 0.25) is 0 Å². The van der Waals surface area contributed by atoms with E-state index in [4.69, 9.17) is 4.74 Å². The second-order valence-corrected chi connectivity index (χ2v) is 6.82. The number of carbonyl (C=O) groups is 1. The summed E-state index contributed by atoms with van der Waals surface area (Å²) in [6.07, 6.45) is 5.13. The molecule has 4 heteroatoms. The first-order valence-electron chi connectivity index (χ1n) is 8.80. The third kappa shape index (κ3) is 4.84. The molecule has 0 saturated carbocycles. The summed E-state index contributed by atoms with van der Waals surface area (Å²) < 4.78 is 5.35. The number of ether oxygens (including phenoxy) is 1. The number of amides is 1. The quantitative estimate of drug-likeness (QED) is 0.686. The summed E-state index contributed by atoms with van der Waals surface area (Å²) in [5.41, 5.74) is 1.71. The summed E-state index contributed by atoms with van der Waals surface area (Å²) in [4.78, 5) is 17.1. The van der Waals surface area contributed by atoms with Crippen molar-refractivity contribution < 1.29 is 9.53 Å². The number of benzene rings is 1. The maximum Gasteiger partial charge on any atom is 0.253 e. The molecule has 1 aliphatic rings. The fraction of sp³-hybridized carbons (Fsp3) is 0.550. The molecule has 132 valence electrons. The smallest absolute Gasteiger partial charge is 0.253 e. The van der Waals surface area contributed by atoms with E-state index in [1.54, 1.807) is 7.11 Å². The van der Waals surface area contributed by atoms with E-state index in [0.29, 0.717) is 17.9 Å². The number of carbonyl (C=O) groups excluding carboxylic acids is 1. The van der Waals surface area contributed by atoms with E-state index in [9.17, 15) is 4.79 Å². The van der Waals surface area contributed by atoms with Crippen LogP contribution < -0.4 is 4.74 Å². The lowest BCUT2D eigenvalue weighted by atomic mass is 10.1. The van der Waals surface area contributed by atoms with Crippen LogP contribution in [0, 0.1) is 5.92 Å². The molecule has 24 heavy (non-hydrogen) atoms. The molecule has 0 N–H and O–H groups in total. The monoisotopic (exact) mass is 330 g/mol. The number of nitrogens with zero attached hydrogens (tertiary/aromatic N) is 2. The lowest BCUT2D eigenvalue weighted by Crippen LogP contribution is -2.36. The van der Waals surface area contributed by atoms with Gasteiger partial charge in [-0.3, -0.25) is 4.79 Å². The van der Waals surface area contributed by atoms with Crippen molar-refractivity contribution in [2.75, 3.05) is 40.3 Å². The van der Waals surface area contributed by atoms with Gasteiger partial charge in [0.15, 0.2) is 0 Å². The molecule has 1 atom stereocenters. The molecule has 1 aliphatic heterocycles. The van der Waals surface area contributed by atoms with Crippen LogP contribution in [-0.2, 0) is 6.42 Å². The standard InChI is InChI=1S/C20H30N2O2/c1-5-8-17-13-18(9-10-19(17)24-4)20(23)21(3)14-16(2)15-22-11-6-7-12-22/h5,9-10,13,16H,1,6-8,11-12,14-15H2,2-4H3. The van der Waals surface area contributed by atoms with Crippen molar-refractivity contribution in [1.29, 1.82) is 0 Å². The summed E-state index contributed by atoms with van der Waals surface area (Å²) >= 11 is 0. The molecule has 0 spiro atoms. The molecule has 1 amide bonds. The Balaban J connectivity index is 1.98. The predicted molar refractivity (Wildman–Crippen MR) is 98.7 cm³/mol. The van der Waals surface area contributed by atoms with Gasteiger partial charge in [-0.2, -0.15) is 0 Å². The van der Waals surface area contributed by atoms with Gasteiger partial charge in [-0.1, -0.05) is 13.0 Å². The Morgan fingerprint density at radius 1 is 1.42 bits per heavy atom. The Morgan fingerprint density at radius 2 is 2.12 bits per heavy atom. The molecule has 0 radical (unpaired) electrons. The molecule has 4 nitrogen and oxygen atoms in total. The van der Waals surface area contributed by atoms with Crippen LogP contribution in [0.5, 0.6) is 5.75 Å². The Labute approximate surface area is 146 Å². The van der Waals surface area contributed by atoms with Crippen molar-refractivity contribution in [1.82, 2.24) is 9.80 Å². The second kappa shape index (κ2) is 8.88. The van der Waals surface area contributed by atoms with Crippen molar-refractivity contribution in [3.05, 3.63) is 42.0 Å². The Morgan fingerprint density at radius 3 is 2.75 bits per heavy atom. The summed E-state index contributed by atoms with van der Waals surface area (Å²) in [6.45, 7) is 10.2. The number of hydrogen-bond donors (Lipinski definition) is 0. The predicted octanol–water partition coefficient (Wildman–Crippen LogP) is 3.23. The SMILES string of the molecule is C=CCc1cc(C(=O)N(C)CC(C)CN2CCCC2)ccc1OC.